The monoisotopic (exact) mass is 338 g/mol. The Morgan fingerprint density at radius 1 is 1.30 bits per heavy atom. The van der Waals surface area contributed by atoms with Gasteiger partial charge >= 0.3 is 0 Å². The SMILES string of the molecule is Cc1cc(C(=O)N2CCCSCC2CN2CCOCC2)c(C)o1. The Hall–Kier alpha value is -0.980. The van der Waals surface area contributed by atoms with Crippen LogP contribution in [0.3, 0.4) is 0 Å². The topological polar surface area (TPSA) is 45.9 Å². The van der Waals surface area contributed by atoms with E-state index in [1.54, 1.807) is 0 Å². The molecule has 0 aromatic carbocycles. The second-order valence-corrected chi connectivity index (χ2v) is 7.47. The molecule has 2 aliphatic rings. The largest absolute Gasteiger partial charge is 0.466 e. The lowest BCUT2D eigenvalue weighted by Gasteiger charge is -2.35. The molecule has 0 aliphatic carbocycles. The summed E-state index contributed by atoms with van der Waals surface area (Å²) < 4.78 is 11.0. The number of amides is 1. The van der Waals surface area contributed by atoms with Crippen LogP contribution in [-0.4, -0.2) is 72.6 Å². The normalized spacial score (nSPS) is 23.7. The predicted molar refractivity (Wildman–Crippen MR) is 92.2 cm³/mol. The fourth-order valence-electron chi connectivity index (χ4n) is 3.33. The number of hydrogen-bond acceptors (Lipinski definition) is 5. The quantitative estimate of drug-likeness (QED) is 0.845. The van der Waals surface area contributed by atoms with Crippen molar-refractivity contribution in [1.29, 1.82) is 0 Å². The highest BCUT2D eigenvalue weighted by Gasteiger charge is 2.30. The smallest absolute Gasteiger partial charge is 0.257 e. The zero-order chi connectivity index (χ0) is 16.2. The molecule has 0 bridgehead atoms. The molecule has 128 valence electrons. The average Bonchev–Trinajstić information content (AvgIpc) is 2.74. The molecule has 2 fully saturated rings. The van der Waals surface area contributed by atoms with Crippen LogP contribution in [0.5, 0.6) is 0 Å². The highest BCUT2D eigenvalue weighted by atomic mass is 32.2. The number of morpholine rings is 1. The molecule has 5 nitrogen and oxygen atoms in total. The number of carbonyl (C=O) groups is 1. The van der Waals surface area contributed by atoms with Gasteiger partial charge in [0.2, 0.25) is 0 Å². The maximum Gasteiger partial charge on any atom is 0.257 e. The second kappa shape index (κ2) is 7.73. The van der Waals surface area contributed by atoms with E-state index in [0.717, 1.165) is 74.4 Å². The van der Waals surface area contributed by atoms with Crippen molar-refractivity contribution in [3.63, 3.8) is 0 Å². The Bertz CT molecular complexity index is 540. The molecule has 1 atom stereocenters. The van der Waals surface area contributed by atoms with Gasteiger partial charge in [-0.05, 0) is 32.1 Å². The molecule has 2 aliphatic heterocycles. The van der Waals surface area contributed by atoms with Gasteiger partial charge in [0.05, 0.1) is 24.8 Å². The van der Waals surface area contributed by atoms with Gasteiger partial charge in [0.15, 0.2) is 0 Å². The summed E-state index contributed by atoms with van der Waals surface area (Å²) in [7, 11) is 0. The summed E-state index contributed by atoms with van der Waals surface area (Å²) in [6.45, 7) is 9.08. The Morgan fingerprint density at radius 2 is 2.09 bits per heavy atom. The van der Waals surface area contributed by atoms with Crippen LogP contribution in [0, 0.1) is 13.8 Å². The van der Waals surface area contributed by atoms with Crippen LogP contribution in [-0.2, 0) is 4.74 Å². The highest BCUT2D eigenvalue weighted by molar-refractivity contribution is 7.99. The van der Waals surface area contributed by atoms with Crippen LogP contribution >= 0.6 is 11.8 Å². The van der Waals surface area contributed by atoms with Gasteiger partial charge in [0, 0.05) is 31.9 Å². The standard InChI is InChI=1S/C17H26N2O3S/c1-13-10-16(14(2)22-13)17(20)19-4-3-9-23-12-15(19)11-18-5-7-21-8-6-18/h10,15H,3-9,11-12H2,1-2H3. The average molecular weight is 338 g/mol. The van der Waals surface area contributed by atoms with Crippen molar-refractivity contribution in [1.82, 2.24) is 9.80 Å². The molecule has 3 rings (SSSR count). The lowest BCUT2D eigenvalue weighted by Crippen LogP contribution is -2.50. The summed E-state index contributed by atoms with van der Waals surface area (Å²) in [6, 6.07) is 2.14. The fraction of sp³-hybridized carbons (Fsp3) is 0.706. The van der Waals surface area contributed by atoms with Crippen molar-refractivity contribution in [3.8, 4) is 0 Å². The van der Waals surface area contributed by atoms with Gasteiger partial charge in [0.1, 0.15) is 11.5 Å². The lowest BCUT2D eigenvalue weighted by atomic mass is 10.1. The Balaban J connectivity index is 1.74. The van der Waals surface area contributed by atoms with E-state index < -0.39 is 0 Å². The molecule has 0 spiro atoms. The molecule has 6 heteroatoms. The third-order valence-electron chi connectivity index (χ3n) is 4.54. The first-order valence-corrected chi connectivity index (χ1v) is 9.56. The van der Waals surface area contributed by atoms with E-state index in [0.29, 0.717) is 0 Å². The highest BCUT2D eigenvalue weighted by Crippen LogP contribution is 2.23. The van der Waals surface area contributed by atoms with Crippen molar-refractivity contribution in [2.24, 2.45) is 0 Å². The molecule has 3 heterocycles. The predicted octanol–water partition coefficient (Wildman–Crippen LogP) is 2.18. The van der Waals surface area contributed by atoms with E-state index in [1.807, 2.05) is 31.7 Å². The zero-order valence-electron chi connectivity index (χ0n) is 14.0. The lowest BCUT2D eigenvalue weighted by molar-refractivity contribution is 0.0244. The molecule has 1 amide bonds. The summed E-state index contributed by atoms with van der Waals surface area (Å²) in [5.74, 6) is 3.81. The van der Waals surface area contributed by atoms with Gasteiger partial charge in [-0.1, -0.05) is 0 Å². The van der Waals surface area contributed by atoms with Gasteiger partial charge in [0.25, 0.3) is 5.91 Å². The van der Waals surface area contributed by atoms with E-state index >= 15 is 0 Å². The number of carbonyl (C=O) groups excluding carboxylic acids is 1. The minimum atomic E-state index is 0.125. The van der Waals surface area contributed by atoms with Gasteiger partial charge < -0.3 is 14.1 Å². The molecule has 1 unspecified atom stereocenters. The molecular weight excluding hydrogens is 312 g/mol. The number of ether oxygens (including phenoxy) is 1. The van der Waals surface area contributed by atoms with Crippen molar-refractivity contribution in [2.75, 3.05) is 50.9 Å². The molecule has 23 heavy (non-hydrogen) atoms. The van der Waals surface area contributed by atoms with E-state index in [2.05, 4.69) is 9.80 Å². The van der Waals surface area contributed by atoms with Gasteiger partial charge in [-0.15, -0.1) is 0 Å². The number of furan rings is 1. The minimum Gasteiger partial charge on any atom is -0.466 e. The number of rotatable bonds is 3. The molecule has 0 N–H and O–H groups in total. The molecule has 1 aromatic heterocycles. The summed E-state index contributed by atoms with van der Waals surface area (Å²) in [6.07, 6.45) is 1.06. The number of nitrogens with zero attached hydrogens (tertiary/aromatic N) is 2. The second-order valence-electron chi connectivity index (χ2n) is 6.32. The number of aryl methyl sites for hydroxylation is 2. The summed E-state index contributed by atoms with van der Waals surface area (Å²) in [5.41, 5.74) is 0.723. The van der Waals surface area contributed by atoms with Gasteiger partial charge in [-0.2, -0.15) is 11.8 Å². The summed E-state index contributed by atoms with van der Waals surface area (Å²) >= 11 is 1.96. The van der Waals surface area contributed by atoms with Crippen molar-refractivity contribution >= 4 is 17.7 Å². The summed E-state index contributed by atoms with van der Waals surface area (Å²) in [5, 5.41) is 0. The van der Waals surface area contributed by atoms with Crippen molar-refractivity contribution in [3.05, 3.63) is 23.2 Å². The number of thioether (sulfide) groups is 1. The number of hydrogen-bond donors (Lipinski definition) is 0. The Kier molecular flexibility index (Phi) is 5.67. The first kappa shape index (κ1) is 16.9. The van der Waals surface area contributed by atoms with E-state index in [-0.39, 0.29) is 11.9 Å². The first-order valence-electron chi connectivity index (χ1n) is 8.41. The van der Waals surface area contributed by atoms with Crippen LogP contribution in [0.4, 0.5) is 0 Å². The third kappa shape index (κ3) is 4.11. The molecule has 0 saturated carbocycles. The van der Waals surface area contributed by atoms with Gasteiger partial charge in [-0.3, -0.25) is 9.69 Å². The Morgan fingerprint density at radius 3 is 2.78 bits per heavy atom. The van der Waals surface area contributed by atoms with Crippen LogP contribution < -0.4 is 0 Å². The molecule has 0 radical (unpaired) electrons. The Labute approximate surface area is 142 Å². The van der Waals surface area contributed by atoms with Crippen LogP contribution in [0.25, 0.3) is 0 Å². The summed E-state index contributed by atoms with van der Waals surface area (Å²) in [4.78, 5) is 17.6. The van der Waals surface area contributed by atoms with Crippen LogP contribution in [0.1, 0.15) is 28.3 Å². The fourth-order valence-corrected chi connectivity index (χ4v) is 4.38. The maximum atomic E-state index is 13.1. The van der Waals surface area contributed by atoms with E-state index in [1.165, 1.54) is 0 Å². The van der Waals surface area contributed by atoms with E-state index in [9.17, 15) is 4.79 Å². The van der Waals surface area contributed by atoms with Crippen LogP contribution in [0.2, 0.25) is 0 Å². The van der Waals surface area contributed by atoms with Gasteiger partial charge in [-0.25, -0.2) is 0 Å². The first-order chi connectivity index (χ1) is 11.1. The molecule has 2 saturated heterocycles. The zero-order valence-corrected chi connectivity index (χ0v) is 14.9. The third-order valence-corrected chi connectivity index (χ3v) is 5.74. The van der Waals surface area contributed by atoms with E-state index in [4.69, 9.17) is 9.15 Å². The minimum absolute atomic E-state index is 0.125. The molecule has 1 aromatic rings. The maximum absolute atomic E-state index is 13.1. The van der Waals surface area contributed by atoms with Crippen molar-refractivity contribution in [2.45, 2.75) is 26.3 Å². The molecular formula is C17H26N2O3S. The van der Waals surface area contributed by atoms with Crippen molar-refractivity contribution < 1.29 is 13.9 Å². The van der Waals surface area contributed by atoms with Crippen LogP contribution in [0.15, 0.2) is 10.5 Å².